The van der Waals surface area contributed by atoms with Crippen LogP contribution in [0.3, 0.4) is 0 Å². The van der Waals surface area contributed by atoms with Crippen LogP contribution < -0.4 is 10.6 Å². The zero-order chi connectivity index (χ0) is 13.5. The smallest absolute Gasteiger partial charge is 0.131 e. The second-order valence-corrected chi connectivity index (χ2v) is 5.19. The molecule has 2 N–H and O–H groups in total. The zero-order valence-corrected chi connectivity index (χ0v) is 12.1. The summed E-state index contributed by atoms with van der Waals surface area (Å²) in [5, 5.41) is 9.73. The summed E-state index contributed by atoms with van der Waals surface area (Å²) >= 11 is 1.68. The third kappa shape index (κ3) is 4.48. The van der Waals surface area contributed by atoms with Crippen LogP contribution in [0.4, 0.5) is 11.6 Å². The molecular formula is C13H19N5S. The molecule has 2 aromatic rings. The highest BCUT2D eigenvalue weighted by atomic mass is 32.1. The van der Waals surface area contributed by atoms with Crippen molar-refractivity contribution in [1.29, 1.82) is 0 Å². The van der Waals surface area contributed by atoms with Crippen LogP contribution in [0, 0.1) is 6.92 Å². The van der Waals surface area contributed by atoms with Crippen molar-refractivity contribution in [3.63, 3.8) is 0 Å². The molecule has 2 aromatic heterocycles. The number of aryl methyl sites for hydroxylation is 1. The predicted molar refractivity (Wildman–Crippen MR) is 79.9 cm³/mol. The maximum absolute atomic E-state index is 4.38. The molecule has 19 heavy (non-hydrogen) atoms. The van der Waals surface area contributed by atoms with Crippen LogP contribution in [0.25, 0.3) is 0 Å². The molecule has 0 bridgehead atoms. The van der Waals surface area contributed by atoms with Crippen molar-refractivity contribution in [3.05, 3.63) is 28.5 Å². The van der Waals surface area contributed by atoms with E-state index in [-0.39, 0.29) is 0 Å². The topological polar surface area (TPSA) is 62.7 Å². The molecule has 0 aliphatic heterocycles. The summed E-state index contributed by atoms with van der Waals surface area (Å²) in [6.07, 6.45) is 3.83. The van der Waals surface area contributed by atoms with Gasteiger partial charge in [-0.1, -0.05) is 6.92 Å². The van der Waals surface area contributed by atoms with Crippen molar-refractivity contribution in [2.45, 2.75) is 26.7 Å². The average molecular weight is 277 g/mol. The highest BCUT2D eigenvalue weighted by Gasteiger charge is 2.02. The third-order valence-corrected chi connectivity index (χ3v) is 3.36. The highest BCUT2D eigenvalue weighted by Crippen LogP contribution is 2.11. The van der Waals surface area contributed by atoms with Gasteiger partial charge in [-0.25, -0.2) is 15.0 Å². The Bertz CT molecular complexity index is 498. The Balaban J connectivity index is 1.90. The third-order valence-electron chi connectivity index (χ3n) is 2.52. The lowest BCUT2D eigenvalue weighted by molar-refractivity contribution is 0.944. The lowest BCUT2D eigenvalue weighted by Crippen LogP contribution is -2.09. The molecule has 0 amide bonds. The Hall–Kier alpha value is -1.69. The van der Waals surface area contributed by atoms with E-state index < -0.39 is 0 Å². The van der Waals surface area contributed by atoms with E-state index in [0.29, 0.717) is 0 Å². The molecule has 0 aliphatic rings. The van der Waals surface area contributed by atoms with Crippen LogP contribution in [-0.4, -0.2) is 28.0 Å². The first-order valence-corrected chi connectivity index (χ1v) is 7.37. The van der Waals surface area contributed by atoms with Crippen LogP contribution >= 0.6 is 11.3 Å². The number of thiazole rings is 1. The summed E-state index contributed by atoms with van der Waals surface area (Å²) in [4.78, 5) is 13.0. The summed E-state index contributed by atoms with van der Waals surface area (Å²) in [7, 11) is 0. The van der Waals surface area contributed by atoms with Gasteiger partial charge in [0.1, 0.15) is 17.5 Å². The number of anilines is 2. The Kier molecular flexibility index (Phi) is 5.09. The van der Waals surface area contributed by atoms with Crippen molar-refractivity contribution in [3.8, 4) is 0 Å². The minimum absolute atomic E-state index is 0.776. The van der Waals surface area contributed by atoms with E-state index in [4.69, 9.17) is 0 Å². The molecule has 5 nitrogen and oxygen atoms in total. The van der Waals surface area contributed by atoms with Crippen molar-refractivity contribution < 1.29 is 0 Å². The molecule has 0 aliphatic carbocycles. The van der Waals surface area contributed by atoms with Gasteiger partial charge in [0.15, 0.2) is 0 Å². The fraction of sp³-hybridized carbons (Fsp3) is 0.462. The number of rotatable bonds is 7. The fourth-order valence-corrected chi connectivity index (χ4v) is 2.30. The van der Waals surface area contributed by atoms with Gasteiger partial charge in [0.25, 0.3) is 0 Å². The van der Waals surface area contributed by atoms with Crippen molar-refractivity contribution in [2.24, 2.45) is 0 Å². The van der Waals surface area contributed by atoms with Crippen LogP contribution in [0.2, 0.25) is 0 Å². The molecule has 2 heterocycles. The lowest BCUT2D eigenvalue weighted by atomic mass is 10.4. The molecule has 0 fully saturated rings. The van der Waals surface area contributed by atoms with Crippen LogP contribution in [-0.2, 0) is 6.42 Å². The normalized spacial score (nSPS) is 10.4. The summed E-state index contributed by atoms with van der Waals surface area (Å²) in [6, 6.07) is 1.95. The van der Waals surface area contributed by atoms with Crippen molar-refractivity contribution >= 4 is 23.0 Å². The highest BCUT2D eigenvalue weighted by molar-refractivity contribution is 7.09. The molecule has 102 valence electrons. The van der Waals surface area contributed by atoms with Gasteiger partial charge in [-0.3, -0.25) is 0 Å². The van der Waals surface area contributed by atoms with Gasteiger partial charge < -0.3 is 10.6 Å². The Morgan fingerprint density at radius 3 is 2.53 bits per heavy atom. The van der Waals surface area contributed by atoms with Gasteiger partial charge in [-0.05, 0) is 13.3 Å². The van der Waals surface area contributed by atoms with E-state index in [2.05, 4.69) is 32.5 Å². The van der Waals surface area contributed by atoms with Crippen molar-refractivity contribution in [1.82, 2.24) is 15.0 Å². The molecule has 0 saturated heterocycles. The molecule has 2 rings (SSSR count). The molecule has 0 spiro atoms. The number of hydrogen-bond donors (Lipinski definition) is 2. The average Bonchev–Trinajstić information content (AvgIpc) is 2.89. The first-order valence-electron chi connectivity index (χ1n) is 6.49. The molecule has 0 atom stereocenters. The molecule has 0 unspecified atom stereocenters. The first kappa shape index (κ1) is 13.7. The van der Waals surface area contributed by atoms with E-state index in [0.717, 1.165) is 48.4 Å². The van der Waals surface area contributed by atoms with Gasteiger partial charge in [-0.15, -0.1) is 11.3 Å². The Morgan fingerprint density at radius 1 is 1.16 bits per heavy atom. The Labute approximate surface area is 117 Å². The van der Waals surface area contributed by atoms with E-state index >= 15 is 0 Å². The second kappa shape index (κ2) is 7.04. The van der Waals surface area contributed by atoms with Gasteiger partial charge >= 0.3 is 0 Å². The van der Waals surface area contributed by atoms with E-state index in [9.17, 15) is 0 Å². The summed E-state index contributed by atoms with van der Waals surface area (Å²) in [5.41, 5.74) is 0. The summed E-state index contributed by atoms with van der Waals surface area (Å²) in [6.45, 7) is 5.80. The molecular weight excluding hydrogens is 258 g/mol. The molecule has 0 aromatic carbocycles. The zero-order valence-electron chi connectivity index (χ0n) is 11.3. The van der Waals surface area contributed by atoms with Gasteiger partial charge in [0, 0.05) is 37.2 Å². The number of aromatic nitrogens is 3. The van der Waals surface area contributed by atoms with E-state index in [1.54, 1.807) is 11.3 Å². The lowest BCUT2D eigenvalue weighted by Gasteiger charge is -2.09. The summed E-state index contributed by atoms with van der Waals surface area (Å²) in [5.74, 6) is 2.52. The van der Waals surface area contributed by atoms with E-state index in [1.807, 2.05) is 24.6 Å². The largest absolute Gasteiger partial charge is 0.370 e. The maximum atomic E-state index is 4.38. The quantitative estimate of drug-likeness (QED) is 0.814. The van der Waals surface area contributed by atoms with Gasteiger partial charge in [0.05, 0.1) is 5.01 Å². The SMILES string of the molecule is CCCNc1cc(NCCc2nccs2)nc(C)n1. The molecule has 6 heteroatoms. The molecule has 0 saturated carbocycles. The number of hydrogen-bond acceptors (Lipinski definition) is 6. The fourth-order valence-electron chi connectivity index (χ4n) is 1.68. The first-order chi connectivity index (χ1) is 9.28. The number of nitrogens with zero attached hydrogens (tertiary/aromatic N) is 3. The van der Waals surface area contributed by atoms with Crippen LogP contribution in [0.15, 0.2) is 17.6 Å². The van der Waals surface area contributed by atoms with E-state index in [1.165, 1.54) is 0 Å². The second-order valence-electron chi connectivity index (χ2n) is 4.22. The monoisotopic (exact) mass is 277 g/mol. The van der Waals surface area contributed by atoms with Crippen LogP contribution in [0.5, 0.6) is 0 Å². The van der Waals surface area contributed by atoms with Gasteiger partial charge in [0.2, 0.25) is 0 Å². The maximum Gasteiger partial charge on any atom is 0.131 e. The minimum Gasteiger partial charge on any atom is -0.370 e. The van der Waals surface area contributed by atoms with Gasteiger partial charge in [-0.2, -0.15) is 0 Å². The Morgan fingerprint density at radius 2 is 1.89 bits per heavy atom. The number of nitrogens with one attached hydrogen (secondary N) is 2. The predicted octanol–water partition coefficient (Wildman–Crippen LogP) is 2.72. The summed E-state index contributed by atoms with van der Waals surface area (Å²) < 4.78 is 0. The van der Waals surface area contributed by atoms with Crippen molar-refractivity contribution in [2.75, 3.05) is 23.7 Å². The standard InChI is InChI=1S/C13H19N5S/c1-3-5-14-11-9-12(18-10(2)17-11)15-6-4-13-16-7-8-19-13/h7-9H,3-6H2,1-2H3,(H2,14,15,17,18). The molecule has 0 radical (unpaired) electrons. The van der Waals surface area contributed by atoms with Crippen LogP contribution in [0.1, 0.15) is 24.2 Å². The minimum atomic E-state index is 0.776.